The van der Waals surface area contributed by atoms with Gasteiger partial charge < -0.3 is 15.4 Å². The number of carbonyl (C=O) groups is 1. The van der Waals surface area contributed by atoms with Gasteiger partial charge in [0, 0.05) is 13.6 Å². The third-order valence-corrected chi connectivity index (χ3v) is 3.14. The van der Waals surface area contributed by atoms with Gasteiger partial charge in [-0.1, -0.05) is 26.3 Å². The maximum absolute atomic E-state index is 11.7. The van der Waals surface area contributed by atoms with E-state index >= 15 is 0 Å². The van der Waals surface area contributed by atoms with Crippen molar-refractivity contribution in [1.82, 2.24) is 0 Å². The summed E-state index contributed by atoms with van der Waals surface area (Å²) in [5.41, 5.74) is 7.85. The van der Waals surface area contributed by atoms with Crippen molar-refractivity contribution in [3.63, 3.8) is 0 Å². The lowest BCUT2D eigenvalue weighted by molar-refractivity contribution is 0.0601. The molecule has 1 aromatic rings. The molecule has 4 heteroatoms. The monoisotopic (exact) mass is 250 g/mol. The van der Waals surface area contributed by atoms with Crippen molar-refractivity contribution in [3.05, 3.63) is 23.8 Å². The summed E-state index contributed by atoms with van der Waals surface area (Å²) < 4.78 is 4.79. The van der Waals surface area contributed by atoms with Gasteiger partial charge in [-0.25, -0.2) is 4.79 Å². The molecule has 4 nitrogen and oxygen atoms in total. The number of hydrogen-bond donors (Lipinski definition) is 1. The highest BCUT2D eigenvalue weighted by Gasteiger charge is 2.18. The molecule has 1 unspecified atom stereocenters. The number of benzene rings is 1. The molecule has 1 atom stereocenters. The number of carbonyl (C=O) groups excluding carboxylic acids is 1. The summed E-state index contributed by atoms with van der Waals surface area (Å²) in [6.45, 7) is 5.18. The number of methoxy groups -OCH3 is 1. The largest absolute Gasteiger partial charge is 0.465 e. The summed E-state index contributed by atoms with van der Waals surface area (Å²) in [7, 11) is 3.33. The van der Waals surface area contributed by atoms with Crippen LogP contribution in [0.4, 0.5) is 11.4 Å². The third-order valence-electron chi connectivity index (χ3n) is 3.14. The minimum absolute atomic E-state index is 0.353. The molecular formula is C14H22N2O2. The molecule has 0 radical (unpaired) electrons. The van der Waals surface area contributed by atoms with E-state index in [0.717, 1.165) is 18.7 Å². The Balaban J connectivity index is 3.09. The Morgan fingerprint density at radius 1 is 1.50 bits per heavy atom. The molecule has 100 valence electrons. The van der Waals surface area contributed by atoms with Gasteiger partial charge in [0.2, 0.25) is 0 Å². The molecule has 0 bridgehead atoms. The van der Waals surface area contributed by atoms with E-state index in [1.54, 1.807) is 18.2 Å². The van der Waals surface area contributed by atoms with Gasteiger partial charge in [-0.05, 0) is 18.1 Å². The molecule has 0 spiro atoms. The molecular weight excluding hydrogens is 228 g/mol. The van der Waals surface area contributed by atoms with Crippen molar-refractivity contribution in [2.24, 2.45) is 5.92 Å². The van der Waals surface area contributed by atoms with Gasteiger partial charge in [0.15, 0.2) is 0 Å². The predicted octanol–water partition coefficient (Wildman–Crippen LogP) is 2.54. The number of ether oxygens (including phenoxy) is 1. The van der Waals surface area contributed by atoms with Crippen molar-refractivity contribution < 1.29 is 9.53 Å². The molecule has 0 aliphatic carbocycles. The van der Waals surface area contributed by atoms with Gasteiger partial charge in [-0.3, -0.25) is 0 Å². The lowest BCUT2D eigenvalue weighted by Crippen LogP contribution is -2.26. The second kappa shape index (κ2) is 6.28. The molecule has 2 N–H and O–H groups in total. The standard InChI is InChI=1S/C14H22N2O2/c1-5-10(2)9-16(3)13-11(14(17)18-4)7-6-8-12(13)15/h6-8,10H,5,9,15H2,1-4H3. The third kappa shape index (κ3) is 3.15. The van der Waals surface area contributed by atoms with Crippen molar-refractivity contribution in [3.8, 4) is 0 Å². The number of nitrogens with zero attached hydrogens (tertiary/aromatic N) is 1. The first kappa shape index (κ1) is 14.4. The zero-order chi connectivity index (χ0) is 13.7. The van der Waals surface area contributed by atoms with Crippen molar-refractivity contribution in [1.29, 1.82) is 0 Å². The van der Waals surface area contributed by atoms with Gasteiger partial charge >= 0.3 is 5.97 Å². The number of nitrogen functional groups attached to an aromatic ring is 1. The second-order valence-electron chi connectivity index (χ2n) is 4.63. The van der Waals surface area contributed by atoms with Crippen LogP contribution in [-0.2, 0) is 4.74 Å². The summed E-state index contributed by atoms with van der Waals surface area (Å²) in [5.74, 6) is 0.188. The average molecular weight is 250 g/mol. The Labute approximate surface area is 109 Å². The quantitative estimate of drug-likeness (QED) is 0.644. The number of para-hydroxylation sites is 1. The van der Waals surface area contributed by atoms with Gasteiger partial charge in [0.1, 0.15) is 0 Å². The Hall–Kier alpha value is -1.71. The van der Waals surface area contributed by atoms with E-state index < -0.39 is 0 Å². The highest BCUT2D eigenvalue weighted by atomic mass is 16.5. The van der Waals surface area contributed by atoms with Crippen LogP contribution < -0.4 is 10.6 Å². The summed E-state index contributed by atoms with van der Waals surface area (Å²) in [4.78, 5) is 13.8. The number of anilines is 2. The fourth-order valence-electron chi connectivity index (χ4n) is 1.95. The smallest absolute Gasteiger partial charge is 0.340 e. The molecule has 1 aromatic carbocycles. The van der Waals surface area contributed by atoms with Crippen LogP contribution in [0.15, 0.2) is 18.2 Å². The summed E-state index contributed by atoms with van der Waals surface area (Å²) in [5, 5.41) is 0. The maximum atomic E-state index is 11.7. The molecule has 0 saturated carbocycles. The van der Waals surface area contributed by atoms with Crippen LogP contribution in [0.2, 0.25) is 0 Å². The second-order valence-corrected chi connectivity index (χ2v) is 4.63. The van der Waals surface area contributed by atoms with Crippen LogP contribution in [-0.4, -0.2) is 26.7 Å². The molecule has 0 saturated heterocycles. The molecule has 18 heavy (non-hydrogen) atoms. The zero-order valence-corrected chi connectivity index (χ0v) is 11.6. The molecule has 0 fully saturated rings. The first-order valence-corrected chi connectivity index (χ1v) is 6.19. The first-order valence-electron chi connectivity index (χ1n) is 6.19. The van der Waals surface area contributed by atoms with Crippen molar-refractivity contribution >= 4 is 17.3 Å². The molecule has 0 amide bonds. The fourth-order valence-corrected chi connectivity index (χ4v) is 1.95. The zero-order valence-electron chi connectivity index (χ0n) is 11.6. The number of nitrogens with two attached hydrogens (primary N) is 1. The van der Waals surface area contributed by atoms with Gasteiger partial charge in [0.25, 0.3) is 0 Å². The highest BCUT2D eigenvalue weighted by Crippen LogP contribution is 2.28. The lowest BCUT2D eigenvalue weighted by Gasteiger charge is -2.26. The van der Waals surface area contributed by atoms with Crippen LogP contribution >= 0.6 is 0 Å². The van der Waals surface area contributed by atoms with Crippen LogP contribution in [0.25, 0.3) is 0 Å². The fraction of sp³-hybridized carbons (Fsp3) is 0.500. The molecule has 0 aromatic heterocycles. The van der Waals surface area contributed by atoms with E-state index in [0.29, 0.717) is 17.2 Å². The van der Waals surface area contributed by atoms with Gasteiger partial charge in [0.05, 0.1) is 24.0 Å². The minimum Gasteiger partial charge on any atom is -0.465 e. The minimum atomic E-state index is -0.353. The van der Waals surface area contributed by atoms with Crippen LogP contribution in [0.3, 0.4) is 0 Å². The van der Waals surface area contributed by atoms with Crippen LogP contribution in [0.1, 0.15) is 30.6 Å². The summed E-state index contributed by atoms with van der Waals surface area (Å²) in [6, 6.07) is 5.31. The van der Waals surface area contributed by atoms with E-state index in [2.05, 4.69) is 13.8 Å². The maximum Gasteiger partial charge on any atom is 0.340 e. The van der Waals surface area contributed by atoms with Gasteiger partial charge in [-0.15, -0.1) is 0 Å². The van der Waals surface area contributed by atoms with E-state index in [9.17, 15) is 4.79 Å². The van der Waals surface area contributed by atoms with Crippen molar-refractivity contribution in [2.45, 2.75) is 20.3 Å². The van der Waals surface area contributed by atoms with Crippen LogP contribution in [0, 0.1) is 5.92 Å². The first-order chi connectivity index (χ1) is 8.51. The summed E-state index contributed by atoms with van der Waals surface area (Å²) in [6.07, 6.45) is 1.09. The Morgan fingerprint density at radius 3 is 2.72 bits per heavy atom. The molecule has 1 rings (SSSR count). The Kier molecular flexibility index (Phi) is 5.01. The van der Waals surface area contributed by atoms with E-state index in [1.165, 1.54) is 7.11 Å². The summed E-state index contributed by atoms with van der Waals surface area (Å²) >= 11 is 0. The van der Waals surface area contributed by atoms with E-state index in [4.69, 9.17) is 10.5 Å². The van der Waals surface area contributed by atoms with Crippen LogP contribution in [0.5, 0.6) is 0 Å². The topological polar surface area (TPSA) is 55.6 Å². The SMILES string of the molecule is CCC(C)CN(C)c1c(N)cccc1C(=O)OC. The average Bonchev–Trinajstić information content (AvgIpc) is 2.36. The molecule has 0 heterocycles. The number of hydrogen-bond acceptors (Lipinski definition) is 4. The Bertz CT molecular complexity index is 418. The van der Waals surface area contributed by atoms with E-state index in [-0.39, 0.29) is 5.97 Å². The lowest BCUT2D eigenvalue weighted by atomic mass is 10.1. The van der Waals surface area contributed by atoms with Gasteiger partial charge in [-0.2, -0.15) is 0 Å². The molecule has 0 aliphatic heterocycles. The van der Waals surface area contributed by atoms with Crippen molar-refractivity contribution in [2.75, 3.05) is 31.3 Å². The van der Waals surface area contributed by atoms with E-state index in [1.807, 2.05) is 11.9 Å². The molecule has 0 aliphatic rings. The number of rotatable bonds is 5. The Morgan fingerprint density at radius 2 is 2.17 bits per heavy atom. The number of esters is 1. The normalized spacial score (nSPS) is 12.0. The predicted molar refractivity (Wildman–Crippen MR) is 74.9 cm³/mol. The highest BCUT2D eigenvalue weighted by molar-refractivity contribution is 5.99.